The van der Waals surface area contributed by atoms with E-state index in [0.717, 1.165) is 25.7 Å². The van der Waals surface area contributed by atoms with Crippen LogP contribution in [0.25, 0.3) is 0 Å². The average molecular weight is 321 g/mol. The molecule has 15 heavy (non-hydrogen) atoms. The summed E-state index contributed by atoms with van der Waals surface area (Å²) in [4.78, 5) is 21.8. The smallest absolute Gasteiger partial charge is 0.417 e. The standard InChI is InChI=1S/C10H18O4.Sn/c1-3-5-7-13-9(11)10(12)14-8-6-4-2;/h3-8H2,1-2H3;. The van der Waals surface area contributed by atoms with Crippen LogP contribution in [0.3, 0.4) is 0 Å². The van der Waals surface area contributed by atoms with Crippen LogP contribution in [0.5, 0.6) is 0 Å². The fraction of sp³-hybridized carbons (Fsp3) is 0.800. The van der Waals surface area contributed by atoms with Crippen molar-refractivity contribution in [2.45, 2.75) is 39.5 Å². The SMILES string of the molecule is CCCCOC(=O)C(=O)OCCCC.[Sn]. The minimum absolute atomic E-state index is 0. The van der Waals surface area contributed by atoms with Crippen molar-refractivity contribution in [2.75, 3.05) is 13.2 Å². The molecule has 0 bridgehead atoms. The molecule has 0 saturated heterocycles. The predicted molar refractivity (Wildman–Crippen MR) is 57.5 cm³/mol. The van der Waals surface area contributed by atoms with Gasteiger partial charge in [0.15, 0.2) is 0 Å². The Kier molecular flexibility index (Phi) is 13.5. The van der Waals surface area contributed by atoms with Gasteiger partial charge in [0, 0.05) is 23.9 Å². The van der Waals surface area contributed by atoms with Gasteiger partial charge in [-0.1, -0.05) is 26.7 Å². The molecule has 0 N–H and O–H groups in total. The molecule has 0 fully saturated rings. The van der Waals surface area contributed by atoms with Crippen molar-refractivity contribution in [3.05, 3.63) is 0 Å². The van der Waals surface area contributed by atoms with Crippen LogP contribution in [0.15, 0.2) is 0 Å². The first-order valence-corrected chi connectivity index (χ1v) is 5.06. The van der Waals surface area contributed by atoms with E-state index in [1.807, 2.05) is 13.8 Å². The number of rotatable bonds is 6. The molecule has 4 radical (unpaired) electrons. The average Bonchev–Trinajstić information content (AvgIpc) is 2.18. The van der Waals surface area contributed by atoms with Gasteiger partial charge < -0.3 is 9.47 Å². The summed E-state index contributed by atoms with van der Waals surface area (Å²) in [6, 6.07) is 0. The van der Waals surface area contributed by atoms with Crippen LogP contribution >= 0.6 is 0 Å². The number of esters is 2. The van der Waals surface area contributed by atoms with Crippen molar-refractivity contribution in [3.63, 3.8) is 0 Å². The van der Waals surface area contributed by atoms with E-state index in [0.29, 0.717) is 0 Å². The summed E-state index contributed by atoms with van der Waals surface area (Å²) >= 11 is 0. The molecule has 0 aliphatic carbocycles. The van der Waals surface area contributed by atoms with Crippen LogP contribution < -0.4 is 0 Å². The molecule has 0 aromatic rings. The summed E-state index contributed by atoms with van der Waals surface area (Å²) in [5.74, 6) is -1.76. The molecule has 0 unspecified atom stereocenters. The molecule has 0 rings (SSSR count). The van der Waals surface area contributed by atoms with Gasteiger partial charge in [-0.2, -0.15) is 0 Å². The first kappa shape index (κ1) is 17.1. The number of carbonyl (C=O) groups is 2. The molecule has 0 spiro atoms. The van der Waals surface area contributed by atoms with Gasteiger partial charge in [0.2, 0.25) is 0 Å². The topological polar surface area (TPSA) is 52.6 Å². The van der Waals surface area contributed by atoms with Gasteiger partial charge in [0.25, 0.3) is 0 Å². The Labute approximate surface area is 108 Å². The molecule has 5 heteroatoms. The van der Waals surface area contributed by atoms with Gasteiger partial charge in [-0.05, 0) is 12.8 Å². The van der Waals surface area contributed by atoms with Crippen molar-refractivity contribution in [3.8, 4) is 0 Å². The number of carbonyl (C=O) groups excluding carboxylic acids is 2. The molecule has 4 nitrogen and oxygen atoms in total. The molecule has 0 amide bonds. The van der Waals surface area contributed by atoms with E-state index in [1.54, 1.807) is 0 Å². The Balaban J connectivity index is 0. The minimum atomic E-state index is -0.880. The fourth-order valence-electron chi connectivity index (χ4n) is 0.736. The van der Waals surface area contributed by atoms with E-state index in [-0.39, 0.29) is 37.1 Å². The van der Waals surface area contributed by atoms with E-state index in [4.69, 9.17) is 0 Å². The van der Waals surface area contributed by atoms with Crippen molar-refractivity contribution >= 4 is 35.8 Å². The van der Waals surface area contributed by atoms with E-state index in [2.05, 4.69) is 9.47 Å². The summed E-state index contributed by atoms with van der Waals surface area (Å²) in [7, 11) is 0. The van der Waals surface area contributed by atoms with Gasteiger partial charge in [-0.25, -0.2) is 9.59 Å². The Morgan fingerprint density at radius 3 is 1.47 bits per heavy atom. The van der Waals surface area contributed by atoms with Gasteiger partial charge in [-0.3, -0.25) is 0 Å². The molecule has 0 aromatic carbocycles. The molecule has 0 aliphatic heterocycles. The summed E-state index contributed by atoms with van der Waals surface area (Å²) in [6.45, 7) is 4.54. The molecule has 86 valence electrons. The second kappa shape index (κ2) is 11.8. The third kappa shape index (κ3) is 10.0. The fourth-order valence-corrected chi connectivity index (χ4v) is 0.736. The zero-order chi connectivity index (χ0) is 10.8. The van der Waals surface area contributed by atoms with Crippen molar-refractivity contribution in [2.24, 2.45) is 0 Å². The van der Waals surface area contributed by atoms with Gasteiger partial charge >= 0.3 is 11.9 Å². The molecule has 0 aromatic heterocycles. The van der Waals surface area contributed by atoms with Gasteiger partial charge in [0.05, 0.1) is 13.2 Å². The quantitative estimate of drug-likeness (QED) is 0.320. The summed E-state index contributed by atoms with van der Waals surface area (Å²) in [5, 5.41) is 0. The van der Waals surface area contributed by atoms with Crippen LogP contribution in [-0.4, -0.2) is 49.1 Å². The molecule has 0 aliphatic rings. The molecule has 0 atom stereocenters. The maximum atomic E-state index is 10.9. The third-order valence-corrected chi connectivity index (χ3v) is 1.63. The van der Waals surface area contributed by atoms with E-state index >= 15 is 0 Å². The number of hydrogen-bond donors (Lipinski definition) is 0. The van der Waals surface area contributed by atoms with E-state index in [9.17, 15) is 9.59 Å². The monoisotopic (exact) mass is 322 g/mol. The predicted octanol–water partition coefficient (Wildman–Crippen LogP) is 1.29. The maximum absolute atomic E-state index is 10.9. The van der Waals surface area contributed by atoms with Crippen molar-refractivity contribution in [1.29, 1.82) is 0 Å². The Morgan fingerprint density at radius 2 is 1.20 bits per heavy atom. The minimum Gasteiger partial charge on any atom is -0.457 e. The second-order valence-electron chi connectivity index (χ2n) is 2.98. The largest absolute Gasteiger partial charge is 0.457 e. The zero-order valence-corrected chi connectivity index (χ0v) is 12.2. The number of hydrogen-bond acceptors (Lipinski definition) is 4. The Morgan fingerprint density at radius 1 is 0.867 bits per heavy atom. The molecular weight excluding hydrogens is 303 g/mol. The number of unbranched alkanes of at least 4 members (excludes halogenated alkanes) is 2. The van der Waals surface area contributed by atoms with Gasteiger partial charge in [0.1, 0.15) is 0 Å². The van der Waals surface area contributed by atoms with Crippen LogP contribution in [0, 0.1) is 0 Å². The zero-order valence-electron chi connectivity index (χ0n) is 9.38. The Hall–Kier alpha value is -0.261. The van der Waals surface area contributed by atoms with Crippen molar-refractivity contribution < 1.29 is 19.1 Å². The Bertz CT molecular complexity index is 162. The first-order valence-electron chi connectivity index (χ1n) is 5.06. The third-order valence-electron chi connectivity index (χ3n) is 1.63. The summed E-state index contributed by atoms with van der Waals surface area (Å²) < 4.78 is 9.32. The molecule has 0 heterocycles. The van der Waals surface area contributed by atoms with Crippen molar-refractivity contribution in [1.82, 2.24) is 0 Å². The second-order valence-corrected chi connectivity index (χ2v) is 2.98. The van der Waals surface area contributed by atoms with E-state index in [1.165, 1.54) is 0 Å². The van der Waals surface area contributed by atoms with Crippen LogP contribution in [-0.2, 0) is 19.1 Å². The number of ether oxygens (including phenoxy) is 2. The maximum Gasteiger partial charge on any atom is 0.417 e. The first-order chi connectivity index (χ1) is 6.72. The van der Waals surface area contributed by atoms with Gasteiger partial charge in [-0.15, -0.1) is 0 Å². The van der Waals surface area contributed by atoms with E-state index < -0.39 is 11.9 Å². The van der Waals surface area contributed by atoms with Crippen LogP contribution in [0.1, 0.15) is 39.5 Å². The molecular formula is C10H18O4Sn. The summed E-state index contributed by atoms with van der Waals surface area (Å²) in [5.41, 5.74) is 0. The normalized spacial score (nSPS) is 8.93. The molecule has 0 saturated carbocycles. The van der Waals surface area contributed by atoms with Crippen LogP contribution in [0.4, 0.5) is 0 Å². The van der Waals surface area contributed by atoms with Crippen LogP contribution in [0.2, 0.25) is 0 Å². The summed E-state index contributed by atoms with van der Waals surface area (Å²) in [6.07, 6.45) is 3.40.